The van der Waals surface area contributed by atoms with Crippen molar-refractivity contribution < 1.29 is 9.53 Å². The van der Waals surface area contributed by atoms with Crippen LogP contribution in [0.25, 0.3) is 0 Å². The normalized spacial score (nSPS) is 37.9. The molecule has 0 aromatic carbocycles. The number of nitrogens with zero attached hydrogens (tertiary/aromatic N) is 1. The molecule has 0 spiro atoms. The van der Waals surface area contributed by atoms with E-state index in [1.165, 1.54) is 0 Å². The number of halogens is 2. The second-order valence-electron chi connectivity index (χ2n) is 5.58. The zero-order valence-corrected chi connectivity index (χ0v) is 12.7. The summed E-state index contributed by atoms with van der Waals surface area (Å²) >= 11 is 8.67. The van der Waals surface area contributed by atoms with Crippen molar-refractivity contribution in [2.45, 2.75) is 48.1 Å². The Morgan fingerprint density at radius 1 is 1.50 bits per heavy atom. The van der Waals surface area contributed by atoms with Gasteiger partial charge in [-0.3, -0.25) is 0 Å². The Bertz CT molecular complexity index is 305. The molecule has 1 aliphatic heterocycles. The maximum atomic E-state index is 12.0. The van der Waals surface area contributed by atoms with Gasteiger partial charge >= 0.3 is 6.09 Å². The predicted octanol–water partition coefficient (Wildman–Crippen LogP) is 3.04. The van der Waals surface area contributed by atoms with Gasteiger partial charge in [0.2, 0.25) is 0 Å². The molecule has 16 heavy (non-hydrogen) atoms. The molecule has 0 aromatic rings. The molecule has 2 rings (SSSR count). The highest BCUT2D eigenvalue weighted by molar-refractivity contribution is 14.1. The van der Waals surface area contributed by atoms with Crippen molar-refractivity contribution in [3.63, 3.8) is 0 Å². The highest BCUT2D eigenvalue weighted by atomic mass is 127. The first-order valence-corrected chi connectivity index (χ1v) is 7.25. The van der Waals surface area contributed by atoms with E-state index in [1.54, 1.807) is 0 Å². The lowest BCUT2D eigenvalue weighted by molar-refractivity contribution is 0.0196. The van der Waals surface area contributed by atoms with Crippen LogP contribution in [-0.2, 0) is 4.74 Å². The fourth-order valence-corrected chi connectivity index (χ4v) is 4.65. The Balaban J connectivity index is 2.05. The van der Waals surface area contributed by atoms with Gasteiger partial charge in [-0.15, -0.1) is 11.6 Å². The first-order valence-electron chi connectivity index (χ1n) is 5.57. The van der Waals surface area contributed by atoms with E-state index in [0.717, 1.165) is 13.0 Å². The number of hydrogen-bond acceptors (Lipinski definition) is 2. The Morgan fingerprint density at radius 2 is 2.12 bits per heavy atom. The number of likely N-dealkylation sites (tertiary alicyclic amines) is 1. The van der Waals surface area contributed by atoms with Gasteiger partial charge in [0.25, 0.3) is 0 Å². The molecule has 1 amide bonds. The van der Waals surface area contributed by atoms with Gasteiger partial charge in [0.1, 0.15) is 5.60 Å². The molecular formula is C11H17ClINO2. The third kappa shape index (κ3) is 2.28. The zero-order chi connectivity index (χ0) is 12.1. The predicted molar refractivity (Wildman–Crippen MR) is 72.3 cm³/mol. The van der Waals surface area contributed by atoms with E-state index in [4.69, 9.17) is 16.3 Å². The van der Waals surface area contributed by atoms with Crippen LogP contribution in [0.2, 0.25) is 0 Å². The summed E-state index contributed by atoms with van der Waals surface area (Å²) in [5, 5.41) is 0.0909. The molecule has 2 bridgehead atoms. The van der Waals surface area contributed by atoms with Gasteiger partial charge in [0, 0.05) is 10.5 Å². The van der Waals surface area contributed by atoms with Crippen molar-refractivity contribution >= 4 is 40.3 Å². The van der Waals surface area contributed by atoms with Crippen LogP contribution in [0.4, 0.5) is 4.79 Å². The van der Waals surface area contributed by atoms with Gasteiger partial charge in [-0.2, -0.15) is 0 Å². The topological polar surface area (TPSA) is 29.5 Å². The minimum absolute atomic E-state index is 0.0909. The van der Waals surface area contributed by atoms with Crippen LogP contribution in [0.5, 0.6) is 0 Å². The molecule has 1 heterocycles. The smallest absolute Gasteiger partial charge is 0.410 e. The lowest BCUT2D eigenvalue weighted by Crippen LogP contribution is -2.46. The molecule has 1 saturated heterocycles. The highest BCUT2D eigenvalue weighted by Gasteiger charge is 2.53. The van der Waals surface area contributed by atoms with E-state index in [0.29, 0.717) is 9.84 Å². The summed E-state index contributed by atoms with van der Waals surface area (Å²) in [6.45, 7) is 6.47. The number of piperidine rings is 1. The lowest BCUT2D eigenvalue weighted by Gasteiger charge is -2.32. The fourth-order valence-electron chi connectivity index (χ4n) is 2.47. The van der Waals surface area contributed by atoms with E-state index in [9.17, 15) is 4.79 Å². The van der Waals surface area contributed by atoms with E-state index in [2.05, 4.69) is 22.6 Å². The average molecular weight is 358 g/mol. The summed E-state index contributed by atoms with van der Waals surface area (Å²) in [6, 6.07) is 0.155. The molecule has 4 atom stereocenters. The van der Waals surface area contributed by atoms with Crippen molar-refractivity contribution in [2.75, 3.05) is 6.54 Å². The zero-order valence-electron chi connectivity index (χ0n) is 9.74. The van der Waals surface area contributed by atoms with Crippen LogP contribution < -0.4 is 0 Å². The van der Waals surface area contributed by atoms with Crippen molar-refractivity contribution in [2.24, 2.45) is 5.92 Å². The summed E-state index contributed by atoms with van der Waals surface area (Å²) < 4.78 is 5.88. The van der Waals surface area contributed by atoms with Crippen molar-refractivity contribution in [1.82, 2.24) is 4.90 Å². The third-order valence-corrected chi connectivity index (χ3v) is 5.28. The van der Waals surface area contributed by atoms with Gasteiger partial charge in [-0.05, 0) is 33.1 Å². The Morgan fingerprint density at radius 3 is 2.56 bits per heavy atom. The van der Waals surface area contributed by atoms with Crippen LogP contribution >= 0.6 is 34.2 Å². The number of amides is 1. The third-order valence-electron chi connectivity index (χ3n) is 3.09. The standard InChI is InChI=1S/C11H17ClINO2/c1-11(2,3)16-10(15)14-5-6-4-7(12)9(14)8(6)13/h6-9H,4-5H2,1-3H3/t6?,7-,8+,9?/m1/s1. The molecule has 3 nitrogen and oxygen atoms in total. The summed E-state index contributed by atoms with van der Waals surface area (Å²) in [6.07, 6.45) is 0.811. The molecule has 5 heteroatoms. The summed E-state index contributed by atoms with van der Waals surface area (Å²) in [5.74, 6) is 0.542. The van der Waals surface area contributed by atoms with Crippen LogP contribution in [-0.4, -0.2) is 38.5 Å². The summed E-state index contributed by atoms with van der Waals surface area (Å²) in [4.78, 5) is 13.8. The molecule has 0 aromatic heterocycles. The number of fused-ring (bicyclic) bond motifs is 2. The highest BCUT2D eigenvalue weighted by Crippen LogP contribution is 2.45. The first-order chi connectivity index (χ1) is 7.29. The van der Waals surface area contributed by atoms with Crippen LogP contribution in [0, 0.1) is 5.92 Å². The molecule has 2 fully saturated rings. The summed E-state index contributed by atoms with van der Waals surface area (Å²) in [5.41, 5.74) is -0.429. The molecule has 2 unspecified atom stereocenters. The maximum absolute atomic E-state index is 12.0. The van der Waals surface area contributed by atoms with E-state index < -0.39 is 5.60 Å². The minimum Gasteiger partial charge on any atom is -0.444 e. The average Bonchev–Trinajstić information content (AvgIpc) is 2.54. The Labute approximate surface area is 115 Å². The number of carbonyl (C=O) groups is 1. The van der Waals surface area contributed by atoms with Crippen LogP contribution in [0.1, 0.15) is 27.2 Å². The van der Waals surface area contributed by atoms with Crippen molar-refractivity contribution in [1.29, 1.82) is 0 Å². The number of alkyl halides is 2. The second kappa shape index (κ2) is 4.19. The van der Waals surface area contributed by atoms with E-state index >= 15 is 0 Å². The van der Waals surface area contributed by atoms with E-state index in [1.807, 2.05) is 25.7 Å². The fraction of sp³-hybridized carbons (Fsp3) is 0.909. The molecule has 1 saturated carbocycles. The maximum Gasteiger partial charge on any atom is 0.410 e. The first kappa shape index (κ1) is 12.7. The monoisotopic (exact) mass is 357 g/mol. The van der Waals surface area contributed by atoms with Crippen LogP contribution in [0.3, 0.4) is 0 Å². The molecule has 0 radical (unpaired) electrons. The Hall–Kier alpha value is 0.290. The molecule has 0 N–H and O–H groups in total. The van der Waals surface area contributed by atoms with Crippen molar-refractivity contribution in [3.05, 3.63) is 0 Å². The molecule has 2 aliphatic rings. The summed E-state index contributed by atoms with van der Waals surface area (Å²) in [7, 11) is 0. The second-order valence-corrected chi connectivity index (χ2v) is 7.58. The van der Waals surface area contributed by atoms with Gasteiger partial charge < -0.3 is 9.64 Å². The van der Waals surface area contributed by atoms with Gasteiger partial charge in [0.05, 0.1) is 11.4 Å². The quantitative estimate of drug-likeness (QED) is 0.493. The van der Waals surface area contributed by atoms with Crippen LogP contribution in [0.15, 0.2) is 0 Å². The number of ether oxygens (including phenoxy) is 1. The SMILES string of the molecule is CC(C)(C)OC(=O)N1CC2C[C@@H](Cl)C1[C@H]2I. The van der Waals surface area contributed by atoms with E-state index in [-0.39, 0.29) is 17.5 Å². The minimum atomic E-state index is -0.429. The molecular weight excluding hydrogens is 340 g/mol. The van der Waals surface area contributed by atoms with Gasteiger partial charge in [-0.25, -0.2) is 4.79 Å². The Kier molecular flexibility index (Phi) is 3.34. The van der Waals surface area contributed by atoms with Gasteiger partial charge in [-0.1, -0.05) is 22.6 Å². The largest absolute Gasteiger partial charge is 0.444 e. The molecule has 92 valence electrons. The van der Waals surface area contributed by atoms with Crippen molar-refractivity contribution in [3.8, 4) is 0 Å². The molecule has 1 aliphatic carbocycles. The number of rotatable bonds is 0. The lowest BCUT2D eigenvalue weighted by atomic mass is 10.1. The van der Waals surface area contributed by atoms with Gasteiger partial charge in [0.15, 0.2) is 0 Å². The number of hydrogen-bond donors (Lipinski definition) is 0. The number of carbonyl (C=O) groups excluding carboxylic acids is 1.